The second kappa shape index (κ2) is 36.1. The molecule has 0 bridgehead atoms. The lowest BCUT2D eigenvalue weighted by molar-refractivity contribution is -0.171. The van der Waals surface area contributed by atoms with E-state index in [1.807, 2.05) is 0 Å². The minimum atomic E-state index is -2.05. The molecule has 1 amide bonds. The Labute approximate surface area is 299 Å². The van der Waals surface area contributed by atoms with Crippen LogP contribution >= 0.6 is 0 Å². The van der Waals surface area contributed by atoms with E-state index in [9.17, 15) is 24.6 Å². The van der Waals surface area contributed by atoms with Crippen LogP contribution in [0.15, 0.2) is 0 Å². The summed E-state index contributed by atoms with van der Waals surface area (Å²) in [5.41, 5.74) is 0. The number of ether oxygens (including phenoxy) is 1. The second-order valence-corrected chi connectivity index (χ2v) is 14.3. The molecule has 0 radical (unpaired) electrons. The van der Waals surface area contributed by atoms with E-state index in [-0.39, 0.29) is 12.5 Å². The highest BCUT2D eigenvalue weighted by molar-refractivity contribution is 5.83. The van der Waals surface area contributed by atoms with E-state index in [0.717, 1.165) is 44.9 Å². The number of unbranched alkanes of at least 4 members (excludes halogenated alkanes) is 28. The molecule has 0 aliphatic rings. The van der Waals surface area contributed by atoms with E-state index in [2.05, 4.69) is 12.2 Å². The van der Waals surface area contributed by atoms with Crippen LogP contribution in [0.4, 0.5) is 0 Å². The Morgan fingerprint density at radius 1 is 0.490 bits per heavy atom. The zero-order valence-electron chi connectivity index (χ0n) is 31.5. The maximum atomic E-state index is 12.2. The summed E-state index contributed by atoms with van der Waals surface area (Å²) in [5.74, 6) is -3.27. The fraction of sp³-hybridized carbons (Fsp3) is 0.925. The first-order chi connectivity index (χ1) is 23.8. The number of carbonyl (C=O) groups excluding carboxylic acids is 1. The molecular weight excluding hydrogens is 622 g/mol. The summed E-state index contributed by atoms with van der Waals surface area (Å²) >= 11 is 0. The summed E-state index contributed by atoms with van der Waals surface area (Å²) in [6.45, 7) is 3.06. The lowest BCUT2D eigenvalue weighted by atomic mass is 10.0. The van der Waals surface area contributed by atoms with Gasteiger partial charge in [-0.15, -0.1) is 0 Å². The van der Waals surface area contributed by atoms with Gasteiger partial charge >= 0.3 is 11.9 Å². The van der Waals surface area contributed by atoms with Crippen molar-refractivity contribution >= 4 is 17.8 Å². The van der Waals surface area contributed by atoms with Gasteiger partial charge in [0.1, 0.15) is 6.10 Å². The smallest absolute Gasteiger partial charge is 0.336 e. The van der Waals surface area contributed by atoms with Gasteiger partial charge in [-0.3, -0.25) is 4.79 Å². The van der Waals surface area contributed by atoms with Crippen molar-refractivity contribution < 1.29 is 39.5 Å². The van der Waals surface area contributed by atoms with Crippen LogP contribution in [0.3, 0.4) is 0 Å². The molecule has 9 heteroatoms. The summed E-state index contributed by atoms with van der Waals surface area (Å²) in [4.78, 5) is 33.9. The summed E-state index contributed by atoms with van der Waals surface area (Å²) in [5, 5.41) is 40.2. The molecule has 0 spiro atoms. The molecule has 0 aromatic carbocycles. The first kappa shape index (κ1) is 47.3. The maximum Gasteiger partial charge on any atom is 0.336 e. The van der Waals surface area contributed by atoms with Gasteiger partial charge in [-0.25, -0.2) is 9.59 Å². The normalized spacial score (nSPS) is 13.3. The Hall–Kier alpha value is -1.71. The number of amides is 1. The van der Waals surface area contributed by atoms with Crippen molar-refractivity contribution in [1.29, 1.82) is 0 Å². The number of aliphatic carboxylic acids is 2. The van der Waals surface area contributed by atoms with Crippen molar-refractivity contribution in [3.63, 3.8) is 0 Å². The van der Waals surface area contributed by atoms with E-state index in [1.165, 1.54) is 141 Å². The van der Waals surface area contributed by atoms with E-state index in [4.69, 9.17) is 14.9 Å². The molecule has 0 aromatic rings. The number of nitrogens with one attached hydrogen (secondary N) is 1. The van der Waals surface area contributed by atoms with Crippen LogP contribution in [0.2, 0.25) is 0 Å². The highest BCUT2D eigenvalue weighted by Gasteiger charge is 2.32. The average molecular weight is 700 g/mol. The van der Waals surface area contributed by atoms with Gasteiger partial charge < -0.3 is 30.5 Å². The van der Waals surface area contributed by atoms with Gasteiger partial charge in [-0.05, 0) is 19.3 Å². The maximum absolute atomic E-state index is 12.2. The van der Waals surface area contributed by atoms with Gasteiger partial charge in [0, 0.05) is 13.2 Å². The molecule has 3 atom stereocenters. The highest BCUT2D eigenvalue weighted by atomic mass is 16.5. The van der Waals surface area contributed by atoms with Crippen LogP contribution in [0.5, 0.6) is 0 Å². The number of carbonyl (C=O) groups is 3. The van der Waals surface area contributed by atoms with E-state index >= 15 is 0 Å². The monoisotopic (exact) mass is 700 g/mol. The van der Waals surface area contributed by atoms with Gasteiger partial charge in [-0.1, -0.05) is 187 Å². The van der Waals surface area contributed by atoms with Crippen molar-refractivity contribution in [3.8, 4) is 0 Å². The third-order valence-electron chi connectivity index (χ3n) is 9.58. The Morgan fingerprint density at radius 3 is 1.20 bits per heavy atom. The van der Waals surface area contributed by atoms with Crippen LogP contribution in [0.25, 0.3) is 0 Å². The summed E-state index contributed by atoms with van der Waals surface area (Å²) < 4.78 is 5.05. The first-order valence-electron chi connectivity index (χ1n) is 20.5. The molecule has 49 heavy (non-hydrogen) atoms. The molecule has 9 nitrogen and oxygen atoms in total. The number of aliphatic hydroxyl groups excluding tert-OH is 2. The molecule has 0 saturated carbocycles. The summed E-state index contributed by atoms with van der Waals surface area (Å²) in [6.07, 6.45) is 32.6. The second-order valence-electron chi connectivity index (χ2n) is 14.3. The van der Waals surface area contributed by atoms with E-state index < -0.39 is 30.3 Å². The standard InChI is InChI=1S/C40H77NO8/c1-2-3-4-5-6-7-8-9-14-17-20-23-26-29-32-35(42)38(44)41-33-30-27-24-21-18-15-12-10-11-13-16-19-22-25-28-31-34-49-37(40(47)48)36(43)39(45)46/h35-37,42-43H,2-34H2,1H3,(H,41,44)(H,45,46)(H,47,48). The largest absolute Gasteiger partial charge is 0.479 e. The molecule has 3 unspecified atom stereocenters. The van der Waals surface area contributed by atoms with Gasteiger partial charge in [0.15, 0.2) is 12.2 Å². The van der Waals surface area contributed by atoms with Crippen LogP contribution in [0, 0.1) is 0 Å². The fourth-order valence-electron chi connectivity index (χ4n) is 6.33. The number of aliphatic hydroxyl groups is 2. The van der Waals surface area contributed by atoms with E-state index in [1.54, 1.807) is 0 Å². The first-order valence-corrected chi connectivity index (χ1v) is 20.5. The lowest BCUT2D eigenvalue weighted by Gasteiger charge is -2.16. The van der Waals surface area contributed by atoms with Crippen LogP contribution in [0.1, 0.15) is 206 Å². The number of hydrogen-bond donors (Lipinski definition) is 5. The van der Waals surface area contributed by atoms with Gasteiger partial charge in [0.25, 0.3) is 0 Å². The molecule has 0 saturated heterocycles. The molecule has 0 aliphatic carbocycles. The number of hydrogen-bond acceptors (Lipinski definition) is 6. The Balaban J connectivity index is 3.36. The molecule has 290 valence electrons. The molecule has 5 N–H and O–H groups in total. The highest BCUT2D eigenvalue weighted by Crippen LogP contribution is 2.16. The van der Waals surface area contributed by atoms with Crippen molar-refractivity contribution in [2.75, 3.05) is 13.2 Å². The number of carboxylic acids is 2. The number of carboxylic acid groups (broad SMARTS) is 2. The minimum Gasteiger partial charge on any atom is -0.479 e. The average Bonchev–Trinajstić information content (AvgIpc) is 3.08. The molecule has 0 rings (SSSR count). The molecule has 0 aliphatic heterocycles. The third kappa shape index (κ3) is 32.0. The predicted molar refractivity (Wildman–Crippen MR) is 199 cm³/mol. The third-order valence-corrected chi connectivity index (χ3v) is 9.58. The predicted octanol–water partition coefficient (Wildman–Crippen LogP) is 9.49. The zero-order chi connectivity index (χ0) is 36.2. The molecule has 0 fully saturated rings. The lowest BCUT2D eigenvalue weighted by Crippen LogP contribution is -2.41. The zero-order valence-corrected chi connectivity index (χ0v) is 31.5. The van der Waals surface area contributed by atoms with Crippen molar-refractivity contribution in [3.05, 3.63) is 0 Å². The molecular formula is C40H77NO8. The quantitative estimate of drug-likeness (QED) is 0.0398. The molecule has 0 heterocycles. The van der Waals surface area contributed by atoms with Crippen molar-refractivity contribution in [2.45, 2.75) is 224 Å². The SMILES string of the molecule is CCCCCCCCCCCCCCCCC(O)C(=O)NCCCCCCCCCCCCCCCCCCOC(C(=O)O)C(O)C(=O)O. The fourth-order valence-corrected chi connectivity index (χ4v) is 6.33. The van der Waals surface area contributed by atoms with Gasteiger partial charge in [0.05, 0.1) is 0 Å². The summed E-state index contributed by atoms with van der Waals surface area (Å²) in [7, 11) is 0. The van der Waals surface area contributed by atoms with Crippen LogP contribution in [-0.4, -0.2) is 69.7 Å². The topological polar surface area (TPSA) is 153 Å². The Kier molecular flexibility index (Phi) is 34.8. The van der Waals surface area contributed by atoms with Gasteiger partial charge in [-0.2, -0.15) is 0 Å². The van der Waals surface area contributed by atoms with Crippen LogP contribution in [-0.2, 0) is 19.1 Å². The molecule has 0 aromatic heterocycles. The minimum absolute atomic E-state index is 0.129. The van der Waals surface area contributed by atoms with E-state index in [0.29, 0.717) is 19.4 Å². The van der Waals surface area contributed by atoms with Crippen LogP contribution < -0.4 is 5.32 Å². The Bertz CT molecular complexity index is 765. The Morgan fingerprint density at radius 2 is 0.837 bits per heavy atom. The van der Waals surface area contributed by atoms with Gasteiger partial charge in [0.2, 0.25) is 5.91 Å². The number of rotatable bonds is 39. The summed E-state index contributed by atoms with van der Waals surface area (Å²) in [6, 6.07) is 0. The van der Waals surface area contributed by atoms with Crippen molar-refractivity contribution in [2.24, 2.45) is 0 Å². The van der Waals surface area contributed by atoms with Crippen molar-refractivity contribution in [1.82, 2.24) is 5.32 Å².